The average molecular weight is 292 g/mol. The van der Waals surface area contributed by atoms with Gasteiger partial charge in [-0.25, -0.2) is 4.39 Å². The summed E-state index contributed by atoms with van der Waals surface area (Å²) in [6.07, 6.45) is 1.55. The van der Waals surface area contributed by atoms with Gasteiger partial charge < -0.3 is 5.32 Å². The highest BCUT2D eigenvalue weighted by Crippen LogP contribution is 2.23. The van der Waals surface area contributed by atoms with Gasteiger partial charge >= 0.3 is 0 Å². The van der Waals surface area contributed by atoms with Crippen molar-refractivity contribution < 1.29 is 4.39 Å². The van der Waals surface area contributed by atoms with Crippen LogP contribution in [-0.4, -0.2) is 13.6 Å². The molecule has 0 heterocycles. The second-order valence-corrected chi connectivity index (χ2v) is 5.42. The summed E-state index contributed by atoms with van der Waals surface area (Å²) in [4.78, 5) is 0. The van der Waals surface area contributed by atoms with Crippen molar-refractivity contribution in [1.29, 1.82) is 0 Å². The zero-order valence-corrected chi connectivity index (χ0v) is 12.3. The molecule has 1 unspecified atom stereocenters. The minimum Gasteiger partial charge on any atom is -0.319 e. The molecule has 0 aliphatic heterocycles. The summed E-state index contributed by atoms with van der Waals surface area (Å²) in [6, 6.07) is 15.1. The largest absolute Gasteiger partial charge is 0.319 e. The van der Waals surface area contributed by atoms with E-state index in [1.54, 1.807) is 12.1 Å². The Hall–Kier alpha value is -1.38. The first kappa shape index (κ1) is 15.0. The van der Waals surface area contributed by atoms with Crippen LogP contribution in [0.5, 0.6) is 0 Å². The third-order valence-electron chi connectivity index (χ3n) is 3.41. The van der Waals surface area contributed by atoms with E-state index in [4.69, 9.17) is 11.6 Å². The van der Waals surface area contributed by atoms with Crippen LogP contribution < -0.4 is 5.32 Å². The molecule has 0 fully saturated rings. The lowest BCUT2D eigenvalue weighted by atomic mass is 9.92. The number of hydrogen-bond donors (Lipinski definition) is 1. The Kier molecular flexibility index (Phi) is 5.57. The second kappa shape index (κ2) is 7.41. The molecule has 0 aliphatic rings. The molecule has 0 saturated heterocycles. The zero-order valence-electron chi connectivity index (χ0n) is 11.6. The van der Waals surface area contributed by atoms with Crippen LogP contribution in [0, 0.1) is 11.7 Å². The molecule has 3 heteroatoms. The summed E-state index contributed by atoms with van der Waals surface area (Å²) in [5.41, 5.74) is 1.88. The maximum absolute atomic E-state index is 13.9. The van der Waals surface area contributed by atoms with Crippen LogP contribution in [0.25, 0.3) is 0 Å². The molecule has 0 saturated carbocycles. The van der Waals surface area contributed by atoms with Crippen molar-refractivity contribution in [1.82, 2.24) is 5.32 Å². The smallest absolute Gasteiger partial charge is 0.127 e. The number of benzene rings is 2. The highest BCUT2D eigenvalue weighted by atomic mass is 35.5. The molecule has 1 atom stereocenters. The first-order chi connectivity index (χ1) is 9.70. The SMILES string of the molecule is CNCC(Cc1ccccc1)Cc1c(F)cccc1Cl. The van der Waals surface area contributed by atoms with Crippen molar-refractivity contribution in [3.63, 3.8) is 0 Å². The van der Waals surface area contributed by atoms with Gasteiger partial charge in [0, 0.05) is 10.6 Å². The van der Waals surface area contributed by atoms with Crippen LogP contribution in [-0.2, 0) is 12.8 Å². The lowest BCUT2D eigenvalue weighted by Crippen LogP contribution is -2.23. The molecule has 106 valence electrons. The van der Waals surface area contributed by atoms with Gasteiger partial charge in [0.15, 0.2) is 0 Å². The maximum atomic E-state index is 13.9. The first-order valence-corrected chi connectivity index (χ1v) is 7.20. The molecule has 2 aromatic rings. The zero-order chi connectivity index (χ0) is 14.4. The maximum Gasteiger partial charge on any atom is 0.127 e. The van der Waals surface area contributed by atoms with Crippen molar-refractivity contribution in [3.05, 3.63) is 70.5 Å². The van der Waals surface area contributed by atoms with Crippen molar-refractivity contribution in [3.8, 4) is 0 Å². The van der Waals surface area contributed by atoms with Gasteiger partial charge in [-0.2, -0.15) is 0 Å². The minimum absolute atomic E-state index is 0.216. The van der Waals surface area contributed by atoms with E-state index in [1.807, 2.05) is 25.2 Å². The quantitative estimate of drug-likeness (QED) is 0.845. The summed E-state index contributed by atoms with van der Waals surface area (Å²) in [7, 11) is 1.92. The van der Waals surface area contributed by atoms with Gasteiger partial charge in [0.2, 0.25) is 0 Å². The van der Waals surface area contributed by atoms with Crippen molar-refractivity contribution in [2.45, 2.75) is 12.8 Å². The topological polar surface area (TPSA) is 12.0 Å². The predicted octanol–water partition coefficient (Wildman–Crippen LogP) is 4.10. The molecule has 0 bridgehead atoms. The molecule has 0 radical (unpaired) electrons. The molecule has 1 N–H and O–H groups in total. The van der Waals surface area contributed by atoms with E-state index < -0.39 is 0 Å². The van der Waals surface area contributed by atoms with Crippen molar-refractivity contribution in [2.24, 2.45) is 5.92 Å². The van der Waals surface area contributed by atoms with E-state index in [-0.39, 0.29) is 5.82 Å². The van der Waals surface area contributed by atoms with E-state index in [1.165, 1.54) is 11.6 Å². The summed E-state index contributed by atoms with van der Waals surface area (Å²) >= 11 is 6.12. The summed E-state index contributed by atoms with van der Waals surface area (Å²) in [6.45, 7) is 0.833. The Morgan fingerprint density at radius 1 is 1.05 bits per heavy atom. The van der Waals surface area contributed by atoms with E-state index in [0.717, 1.165) is 13.0 Å². The molecule has 2 aromatic carbocycles. The van der Waals surface area contributed by atoms with Gasteiger partial charge in [0.05, 0.1) is 0 Å². The number of halogens is 2. The molecular formula is C17H19ClFN. The lowest BCUT2D eigenvalue weighted by Gasteiger charge is -2.18. The van der Waals surface area contributed by atoms with Crippen LogP contribution in [0.3, 0.4) is 0 Å². The minimum atomic E-state index is -0.216. The van der Waals surface area contributed by atoms with Gasteiger partial charge in [0.1, 0.15) is 5.82 Å². The average Bonchev–Trinajstić information content (AvgIpc) is 2.44. The molecule has 0 amide bonds. The second-order valence-electron chi connectivity index (χ2n) is 5.02. The number of nitrogens with one attached hydrogen (secondary N) is 1. The van der Waals surface area contributed by atoms with Crippen LogP contribution in [0.4, 0.5) is 4.39 Å². The van der Waals surface area contributed by atoms with Gasteiger partial charge in [-0.1, -0.05) is 48.0 Å². The Labute approximate surface area is 124 Å². The Morgan fingerprint density at radius 3 is 2.45 bits per heavy atom. The van der Waals surface area contributed by atoms with Crippen molar-refractivity contribution >= 4 is 11.6 Å². The first-order valence-electron chi connectivity index (χ1n) is 6.82. The van der Waals surface area contributed by atoms with Crippen LogP contribution in [0.2, 0.25) is 5.02 Å². The van der Waals surface area contributed by atoms with Crippen LogP contribution >= 0.6 is 11.6 Å². The lowest BCUT2D eigenvalue weighted by molar-refractivity contribution is 0.480. The summed E-state index contributed by atoms with van der Waals surface area (Å²) in [5.74, 6) is 0.100. The fourth-order valence-electron chi connectivity index (χ4n) is 2.47. The predicted molar refractivity (Wildman–Crippen MR) is 82.7 cm³/mol. The van der Waals surface area contributed by atoms with E-state index in [0.29, 0.717) is 22.9 Å². The summed E-state index contributed by atoms with van der Waals surface area (Å²) < 4.78 is 13.9. The molecular weight excluding hydrogens is 273 g/mol. The van der Waals surface area contributed by atoms with E-state index in [9.17, 15) is 4.39 Å². The molecule has 20 heavy (non-hydrogen) atoms. The fourth-order valence-corrected chi connectivity index (χ4v) is 2.71. The van der Waals surface area contributed by atoms with Gasteiger partial charge in [-0.15, -0.1) is 0 Å². The van der Waals surface area contributed by atoms with Crippen LogP contribution in [0.15, 0.2) is 48.5 Å². The number of hydrogen-bond acceptors (Lipinski definition) is 1. The van der Waals surface area contributed by atoms with Gasteiger partial charge in [-0.3, -0.25) is 0 Å². The molecule has 0 aromatic heterocycles. The van der Waals surface area contributed by atoms with Gasteiger partial charge in [0.25, 0.3) is 0 Å². The van der Waals surface area contributed by atoms with Crippen LogP contribution in [0.1, 0.15) is 11.1 Å². The third kappa shape index (κ3) is 4.06. The summed E-state index contributed by atoms with van der Waals surface area (Å²) in [5, 5.41) is 3.69. The highest BCUT2D eigenvalue weighted by molar-refractivity contribution is 6.31. The standard InChI is InChI=1S/C17H19ClFN/c1-20-12-14(10-13-6-3-2-4-7-13)11-15-16(18)8-5-9-17(15)19/h2-9,14,20H,10-12H2,1H3. The Balaban J connectivity index is 2.13. The van der Waals surface area contributed by atoms with E-state index in [2.05, 4.69) is 17.4 Å². The van der Waals surface area contributed by atoms with Crippen molar-refractivity contribution in [2.75, 3.05) is 13.6 Å². The normalized spacial score (nSPS) is 12.3. The molecule has 0 aliphatic carbocycles. The molecule has 2 rings (SSSR count). The molecule has 1 nitrogen and oxygen atoms in total. The highest BCUT2D eigenvalue weighted by Gasteiger charge is 2.15. The fraction of sp³-hybridized carbons (Fsp3) is 0.294. The van der Waals surface area contributed by atoms with Gasteiger partial charge in [-0.05, 0) is 50.0 Å². The Morgan fingerprint density at radius 2 is 1.80 bits per heavy atom. The molecule has 0 spiro atoms. The third-order valence-corrected chi connectivity index (χ3v) is 3.77. The Bertz CT molecular complexity index is 522. The van der Waals surface area contributed by atoms with E-state index >= 15 is 0 Å². The monoisotopic (exact) mass is 291 g/mol. The number of rotatable bonds is 6.